The monoisotopic (exact) mass is 398 g/mol. The van der Waals surface area contributed by atoms with Crippen LogP contribution in [0.2, 0.25) is 0 Å². The van der Waals surface area contributed by atoms with Crippen LogP contribution < -0.4 is 14.8 Å². The van der Waals surface area contributed by atoms with Gasteiger partial charge < -0.3 is 19.7 Å². The van der Waals surface area contributed by atoms with E-state index in [4.69, 9.17) is 9.47 Å². The largest absolute Gasteiger partial charge is 0.493 e. The Hall–Kier alpha value is -2.67. The average Bonchev–Trinajstić information content (AvgIpc) is 3.24. The summed E-state index contributed by atoms with van der Waals surface area (Å²) in [6, 6.07) is 7.73. The van der Waals surface area contributed by atoms with Crippen LogP contribution in [0.1, 0.15) is 43.3 Å². The molecule has 0 atom stereocenters. The Labute approximate surface area is 172 Å². The summed E-state index contributed by atoms with van der Waals surface area (Å²) in [5, 5.41) is 2.76. The number of carbonyl (C=O) groups excluding carboxylic acids is 1. The van der Waals surface area contributed by atoms with Crippen LogP contribution in [-0.4, -0.2) is 54.1 Å². The third-order valence-corrected chi connectivity index (χ3v) is 4.95. The van der Waals surface area contributed by atoms with E-state index in [0.29, 0.717) is 25.4 Å². The summed E-state index contributed by atoms with van der Waals surface area (Å²) in [4.78, 5) is 22.5. The first-order valence-electron chi connectivity index (χ1n) is 10.2. The summed E-state index contributed by atoms with van der Waals surface area (Å²) in [5.74, 6) is 2.11. The van der Waals surface area contributed by atoms with Crippen LogP contribution >= 0.6 is 0 Å². The lowest BCUT2D eigenvalue weighted by Gasteiger charge is -2.16. The number of methoxy groups -OCH3 is 1. The molecule has 0 aliphatic carbocycles. The van der Waals surface area contributed by atoms with Crippen molar-refractivity contribution in [2.45, 2.75) is 39.2 Å². The molecule has 2 heterocycles. The van der Waals surface area contributed by atoms with E-state index < -0.39 is 0 Å². The van der Waals surface area contributed by atoms with E-state index in [2.05, 4.69) is 20.2 Å². The number of ether oxygens (including phenoxy) is 2. The molecule has 1 aliphatic heterocycles. The lowest BCUT2D eigenvalue weighted by molar-refractivity contribution is -0.119. The van der Waals surface area contributed by atoms with Crippen molar-refractivity contribution in [1.82, 2.24) is 20.2 Å². The average molecular weight is 399 g/mol. The number of nitrogens with one attached hydrogen (secondary N) is 1. The summed E-state index contributed by atoms with van der Waals surface area (Å²) < 4.78 is 11.5. The van der Waals surface area contributed by atoms with E-state index >= 15 is 0 Å². The smallest absolute Gasteiger partial charge is 0.217 e. The standard InChI is InChI=1S/C22H30N4O3/c1-17(27)24-16-19-8-9-23-22(25-19)15-18-6-7-20(28-2)21(14-18)29-13-5-12-26-10-3-4-11-26/h6-9,14H,3-5,10-13,15-16H2,1-2H3,(H,24,27). The first-order chi connectivity index (χ1) is 14.1. The van der Waals surface area contributed by atoms with Crippen LogP contribution in [0.15, 0.2) is 30.5 Å². The molecule has 7 heteroatoms. The highest BCUT2D eigenvalue weighted by Gasteiger charge is 2.12. The third-order valence-electron chi connectivity index (χ3n) is 4.95. The van der Waals surface area contributed by atoms with Crippen molar-refractivity contribution >= 4 is 5.91 Å². The fraction of sp³-hybridized carbons (Fsp3) is 0.500. The molecular weight excluding hydrogens is 368 g/mol. The normalized spacial score (nSPS) is 14.0. The van der Waals surface area contributed by atoms with Crippen molar-refractivity contribution in [3.05, 3.63) is 47.5 Å². The van der Waals surface area contributed by atoms with Gasteiger partial charge in [0.2, 0.25) is 5.91 Å². The number of amides is 1. The zero-order valence-corrected chi connectivity index (χ0v) is 17.3. The van der Waals surface area contributed by atoms with Crippen molar-refractivity contribution in [3.63, 3.8) is 0 Å². The quantitative estimate of drug-likeness (QED) is 0.620. The molecule has 1 N–H and O–H groups in total. The minimum absolute atomic E-state index is 0.0770. The molecule has 1 fully saturated rings. The zero-order chi connectivity index (χ0) is 20.5. The Balaban J connectivity index is 1.58. The third kappa shape index (κ3) is 6.71. The van der Waals surface area contributed by atoms with Gasteiger partial charge in [0.15, 0.2) is 11.5 Å². The second-order valence-electron chi connectivity index (χ2n) is 7.29. The van der Waals surface area contributed by atoms with Gasteiger partial charge in [-0.25, -0.2) is 9.97 Å². The molecule has 0 saturated carbocycles. The van der Waals surface area contributed by atoms with E-state index in [9.17, 15) is 4.79 Å². The summed E-state index contributed by atoms with van der Waals surface area (Å²) in [5.41, 5.74) is 1.84. The maximum absolute atomic E-state index is 11.1. The Morgan fingerprint density at radius 1 is 1.21 bits per heavy atom. The second-order valence-corrected chi connectivity index (χ2v) is 7.29. The van der Waals surface area contributed by atoms with Crippen molar-refractivity contribution < 1.29 is 14.3 Å². The Bertz CT molecular complexity index is 806. The van der Waals surface area contributed by atoms with E-state index in [1.54, 1.807) is 13.3 Å². The van der Waals surface area contributed by atoms with E-state index in [1.807, 2.05) is 24.3 Å². The lowest BCUT2D eigenvalue weighted by Crippen LogP contribution is -2.22. The molecule has 1 saturated heterocycles. The highest BCUT2D eigenvalue weighted by atomic mass is 16.5. The van der Waals surface area contributed by atoms with Gasteiger partial charge in [-0.3, -0.25) is 4.79 Å². The topological polar surface area (TPSA) is 76.6 Å². The molecule has 1 aromatic carbocycles. The highest BCUT2D eigenvalue weighted by molar-refractivity contribution is 5.72. The summed E-state index contributed by atoms with van der Waals surface area (Å²) in [7, 11) is 1.65. The molecule has 29 heavy (non-hydrogen) atoms. The second kappa shape index (κ2) is 10.8. The number of hydrogen-bond acceptors (Lipinski definition) is 6. The van der Waals surface area contributed by atoms with Gasteiger partial charge in [0.25, 0.3) is 0 Å². The molecule has 2 aromatic rings. The van der Waals surface area contributed by atoms with Crippen LogP contribution in [0.3, 0.4) is 0 Å². The van der Waals surface area contributed by atoms with Crippen molar-refractivity contribution in [1.29, 1.82) is 0 Å². The number of aromatic nitrogens is 2. The molecule has 0 unspecified atom stereocenters. The minimum atomic E-state index is -0.0770. The maximum atomic E-state index is 11.1. The van der Waals surface area contributed by atoms with Gasteiger partial charge in [0, 0.05) is 26.1 Å². The molecule has 1 amide bonds. The van der Waals surface area contributed by atoms with Gasteiger partial charge in [-0.1, -0.05) is 6.07 Å². The lowest BCUT2D eigenvalue weighted by atomic mass is 10.1. The predicted molar refractivity (Wildman–Crippen MR) is 111 cm³/mol. The van der Waals surface area contributed by atoms with Gasteiger partial charge in [0.1, 0.15) is 5.82 Å². The van der Waals surface area contributed by atoms with Crippen LogP contribution in [0.5, 0.6) is 11.5 Å². The fourth-order valence-corrected chi connectivity index (χ4v) is 3.44. The Kier molecular flexibility index (Phi) is 7.81. The highest BCUT2D eigenvalue weighted by Crippen LogP contribution is 2.29. The molecule has 0 bridgehead atoms. The van der Waals surface area contributed by atoms with Gasteiger partial charge in [-0.15, -0.1) is 0 Å². The summed E-state index contributed by atoms with van der Waals surface area (Å²) in [6.45, 7) is 6.06. The predicted octanol–water partition coefficient (Wildman–Crippen LogP) is 2.58. The molecule has 0 spiro atoms. The number of likely N-dealkylation sites (tertiary alicyclic amines) is 1. The number of rotatable bonds is 10. The van der Waals surface area contributed by atoms with Gasteiger partial charge in [0.05, 0.1) is 26.0 Å². The molecule has 0 radical (unpaired) electrons. The van der Waals surface area contributed by atoms with Crippen molar-refractivity contribution in [2.75, 3.05) is 33.4 Å². The van der Waals surface area contributed by atoms with Gasteiger partial charge in [-0.05, 0) is 56.1 Å². The molecule has 156 valence electrons. The Morgan fingerprint density at radius 2 is 2.03 bits per heavy atom. The molecule has 7 nitrogen and oxygen atoms in total. The summed E-state index contributed by atoms with van der Waals surface area (Å²) in [6.07, 6.45) is 5.93. The van der Waals surface area contributed by atoms with Crippen LogP contribution in [0.25, 0.3) is 0 Å². The fourth-order valence-electron chi connectivity index (χ4n) is 3.44. The van der Waals surface area contributed by atoms with Crippen LogP contribution in [0, 0.1) is 0 Å². The number of benzene rings is 1. The number of hydrogen-bond donors (Lipinski definition) is 1. The molecule has 1 aliphatic rings. The first-order valence-corrected chi connectivity index (χ1v) is 10.2. The first kappa shape index (κ1) is 21.0. The van der Waals surface area contributed by atoms with Gasteiger partial charge in [-0.2, -0.15) is 0 Å². The summed E-state index contributed by atoms with van der Waals surface area (Å²) >= 11 is 0. The van der Waals surface area contributed by atoms with E-state index in [-0.39, 0.29) is 5.91 Å². The molecule has 3 rings (SSSR count). The van der Waals surface area contributed by atoms with E-state index in [0.717, 1.165) is 35.7 Å². The number of carbonyl (C=O) groups is 1. The minimum Gasteiger partial charge on any atom is -0.493 e. The number of nitrogens with zero attached hydrogens (tertiary/aromatic N) is 3. The van der Waals surface area contributed by atoms with Crippen molar-refractivity contribution in [3.8, 4) is 11.5 Å². The maximum Gasteiger partial charge on any atom is 0.217 e. The van der Waals surface area contributed by atoms with Crippen LogP contribution in [-0.2, 0) is 17.8 Å². The van der Waals surface area contributed by atoms with Crippen LogP contribution in [0.4, 0.5) is 0 Å². The molecular formula is C22H30N4O3. The SMILES string of the molecule is COc1ccc(Cc2nccc(CNC(C)=O)n2)cc1OCCCN1CCCC1. The van der Waals surface area contributed by atoms with Gasteiger partial charge >= 0.3 is 0 Å². The Morgan fingerprint density at radius 3 is 2.79 bits per heavy atom. The molecule has 1 aromatic heterocycles. The van der Waals surface area contributed by atoms with Crippen molar-refractivity contribution in [2.24, 2.45) is 0 Å². The zero-order valence-electron chi connectivity index (χ0n) is 17.3. The van der Waals surface area contributed by atoms with E-state index in [1.165, 1.54) is 32.9 Å².